The maximum atomic E-state index is 10.6. The standard InChI is InChI=1S/C9H17NO4/c1-9(13,8(11)12)6-10-7-3-2-4-14-5-7/h7,10,13H,2-6H2,1H3,(H,11,12). The second-order valence-corrected chi connectivity index (χ2v) is 3.87. The van der Waals surface area contributed by atoms with Gasteiger partial charge in [-0.25, -0.2) is 4.79 Å². The van der Waals surface area contributed by atoms with Gasteiger partial charge in [-0.2, -0.15) is 0 Å². The number of hydrogen-bond acceptors (Lipinski definition) is 4. The summed E-state index contributed by atoms with van der Waals surface area (Å²) < 4.78 is 5.22. The van der Waals surface area contributed by atoms with Crippen molar-refractivity contribution in [3.8, 4) is 0 Å². The predicted molar refractivity (Wildman–Crippen MR) is 50.1 cm³/mol. The zero-order chi connectivity index (χ0) is 10.6. The van der Waals surface area contributed by atoms with E-state index in [1.807, 2.05) is 0 Å². The lowest BCUT2D eigenvalue weighted by Crippen LogP contribution is -2.49. The number of ether oxygens (including phenoxy) is 1. The Balaban J connectivity index is 2.28. The predicted octanol–water partition coefficient (Wildman–Crippen LogP) is -0.409. The molecule has 0 saturated carbocycles. The van der Waals surface area contributed by atoms with Crippen LogP contribution in [0.25, 0.3) is 0 Å². The first-order valence-corrected chi connectivity index (χ1v) is 4.79. The van der Waals surface area contributed by atoms with Gasteiger partial charge in [0, 0.05) is 19.2 Å². The van der Waals surface area contributed by atoms with Crippen LogP contribution in [0.5, 0.6) is 0 Å². The van der Waals surface area contributed by atoms with Crippen molar-refractivity contribution in [2.45, 2.75) is 31.4 Å². The van der Waals surface area contributed by atoms with Crippen molar-refractivity contribution in [3.05, 3.63) is 0 Å². The molecule has 1 heterocycles. The number of carboxylic acid groups (broad SMARTS) is 1. The van der Waals surface area contributed by atoms with Crippen LogP contribution in [0.15, 0.2) is 0 Å². The van der Waals surface area contributed by atoms with Gasteiger partial charge >= 0.3 is 5.97 Å². The van der Waals surface area contributed by atoms with E-state index in [4.69, 9.17) is 9.84 Å². The molecular weight excluding hydrogens is 186 g/mol. The Hall–Kier alpha value is -0.650. The Morgan fingerprint density at radius 2 is 2.43 bits per heavy atom. The zero-order valence-corrected chi connectivity index (χ0v) is 8.32. The van der Waals surface area contributed by atoms with Gasteiger partial charge in [-0.15, -0.1) is 0 Å². The van der Waals surface area contributed by atoms with E-state index in [2.05, 4.69) is 5.32 Å². The Labute approximate surface area is 83.1 Å². The first-order chi connectivity index (χ1) is 6.52. The summed E-state index contributed by atoms with van der Waals surface area (Å²) in [4.78, 5) is 10.6. The topological polar surface area (TPSA) is 78.8 Å². The molecule has 1 saturated heterocycles. The van der Waals surface area contributed by atoms with Crippen molar-refractivity contribution in [2.75, 3.05) is 19.8 Å². The summed E-state index contributed by atoms with van der Waals surface area (Å²) in [5.74, 6) is -1.21. The molecule has 2 atom stereocenters. The molecule has 1 fully saturated rings. The van der Waals surface area contributed by atoms with Crippen LogP contribution in [0.3, 0.4) is 0 Å². The van der Waals surface area contributed by atoms with Crippen molar-refractivity contribution in [1.29, 1.82) is 0 Å². The molecule has 5 nitrogen and oxygen atoms in total. The molecule has 2 unspecified atom stereocenters. The minimum Gasteiger partial charge on any atom is -0.479 e. The minimum absolute atomic E-state index is 0.0519. The summed E-state index contributed by atoms with van der Waals surface area (Å²) >= 11 is 0. The zero-order valence-electron chi connectivity index (χ0n) is 8.32. The number of rotatable bonds is 4. The highest BCUT2D eigenvalue weighted by Crippen LogP contribution is 2.08. The van der Waals surface area contributed by atoms with Crippen LogP contribution in [0.2, 0.25) is 0 Å². The molecule has 1 rings (SSSR count). The number of carbonyl (C=O) groups is 1. The first kappa shape index (κ1) is 11.4. The number of aliphatic carboxylic acids is 1. The molecule has 1 aliphatic heterocycles. The fraction of sp³-hybridized carbons (Fsp3) is 0.889. The highest BCUT2D eigenvalue weighted by molar-refractivity contribution is 5.76. The molecule has 0 spiro atoms. The Bertz CT molecular complexity index is 199. The fourth-order valence-electron chi connectivity index (χ4n) is 1.32. The molecule has 1 aliphatic rings. The molecule has 0 radical (unpaired) electrons. The van der Waals surface area contributed by atoms with Gasteiger partial charge in [-0.3, -0.25) is 0 Å². The van der Waals surface area contributed by atoms with Crippen LogP contribution in [0, 0.1) is 0 Å². The SMILES string of the molecule is CC(O)(CNC1CCCOC1)C(=O)O. The lowest BCUT2D eigenvalue weighted by atomic mass is 10.1. The van der Waals surface area contributed by atoms with Gasteiger partial charge in [-0.1, -0.05) is 0 Å². The second kappa shape index (κ2) is 4.72. The van der Waals surface area contributed by atoms with Crippen molar-refractivity contribution in [1.82, 2.24) is 5.32 Å². The normalized spacial score (nSPS) is 26.9. The summed E-state index contributed by atoms with van der Waals surface area (Å²) in [6.45, 7) is 2.70. The van der Waals surface area contributed by atoms with E-state index in [-0.39, 0.29) is 12.6 Å². The van der Waals surface area contributed by atoms with Crippen LogP contribution in [-0.4, -0.2) is 47.6 Å². The third-order valence-electron chi connectivity index (χ3n) is 2.36. The number of aliphatic hydroxyl groups is 1. The molecule has 3 N–H and O–H groups in total. The highest BCUT2D eigenvalue weighted by Gasteiger charge is 2.30. The van der Waals surface area contributed by atoms with Crippen LogP contribution in [-0.2, 0) is 9.53 Å². The molecule has 0 aromatic heterocycles. The largest absolute Gasteiger partial charge is 0.479 e. The molecule has 0 bridgehead atoms. The Morgan fingerprint density at radius 3 is 2.93 bits per heavy atom. The number of nitrogens with one attached hydrogen (secondary N) is 1. The molecular formula is C9H17NO4. The molecule has 82 valence electrons. The summed E-state index contributed by atoms with van der Waals surface area (Å²) in [7, 11) is 0. The Morgan fingerprint density at radius 1 is 1.71 bits per heavy atom. The van der Waals surface area contributed by atoms with E-state index in [9.17, 15) is 9.90 Å². The van der Waals surface area contributed by atoms with Crippen molar-refractivity contribution >= 4 is 5.97 Å². The van der Waals surface area contributed by atoms with Gasteiger partial charge in [0.2, 0.25) is 0 Å². The maximum absolute atomic E-state index is 10.6. The molecule has 0 amide bonds. The van der Waals surface area contributed by atoms with E-state index >= 15 is 0 Å². The number of hydrogen-bond donors (Lipinski definition) is 3. The highest BCUT2D eigenvalue weighted by atomic mass is 16.5. The molecule has 0 aromatic rings. The lowest BCUT2D eigenvalue weighted by Gasteiger charge is -2.26. The van der Waals surface area contributed by atoms with Gasteiger partial charge in [-0.05, 0) is 19.8 Å². The van der Waals surface area contributed by atoms with Crippen LogP contribution in [0.4, 0.5) is 0 Å². The van der Waals surface area contributed by atoms with E-state index in [0.29, 0.717) is 6.61 Å². The van der Waals surface area contributed by atoms with Crippen LogP contribution >= 0.6 is 0 Å². The van der Waals surface area contributed by atoms with Gasteiger partial charge in [0.1, 0.15) is 0 Å². The third kappa shape index (κ3) is 3.25. The van der Waals surface area contributed by atoms with E-state index < -0.39 is 11.6 Å². The summed E-state index contributed by atoms with van der Waals surface area (Å²) in [5.41, 5.74) is -1.70. The first-order valence-electron chi connectivity index (χ1n) is 4.79. The smallest absolute Gasteiger partial charge is 0.336 e. The van der Waals surface area contributed by atoms with Crippen LogP contribution in [0.1, 0.15) is 19.8 Å². The average molecular weight is 203 g/mol. The minimum atomic E-state index is -1.70. The summed E-state index contributed by atoms with van der Waals surface area (Å²) in [6.07, 6.45) is 1.95. The average Bonchev–Trinajstić information content (AvgIpc) is 2.16. The molecule has 0 aliphatic carbocycles. The second-order valence-electron chi connectivity index (χ2n) is 3.87. The summed E-state index contributed by atoms with van der Waals surface area (Å²) in [6, 6.07) is 0.162. The fourth-order valence-corrected chi connectivity index (χ4v) is 1.32. The van der Waals surface area contributed by atoms with E-state index in [0.717, 1.165) is 19.4 Å². The monoisotopic (exact) mass is 203 g/mol. The number of carboxylic acids is 1. The van der Waals surface area contributed by atoms with Crippen LogP contribution < -0.4 is 5.32 Å². The van der Waals surface area contributed by atoms with Crippen molar-refractivity contribution < 1.29 is 19.7 Å². The quantitative estimate of drug-likeness (QED) is 0.579. The van der Waals surface area contributed by atoms with Gasteiger partial charge in [0.25, 0.3) is 0 Å². The van der Waals surface area contributed by atoms with Gasteiger partial charge in [0.05, 0.1) is 6.61 Å². The lowest BCUT2D eigenvalue weighted by molar-refractivity contribution is -0.156. The van der Waals surface area contributed by atoms with Crippen molar-refractivity contribution in [2.24, 2.45) is 0 Å². The molecule has 14 heavy (non-hydrogen) atoms. The van der Waals surface area contributed by atoms with Crippen molar-refractivity contribution in [3.63, 3.8) is 0 Å². The molecule has 5 heteroatoms. The third-order valence-corrected chi connectivity index (χ3v) is 2.36. The van der Waals surface area contributed by atoms with Gasteiger partial charge in [0.15, 0.2) is 5.60 Å². The Kier molecular flexibility index (Phi) is 3.86. The molecule has 0 aromatic carbocycles. The van der Waals surface area contributed by atoms with E-state index in [1.54, 1.807) is 0 Å². The maximum Gasteiger partial charge on any atom is 0.336 e. The van der Waals surface area contributed by atoms with E-state index in [1.165, 1.54) is 6.92 Å². The summed E-state index contributed by atoms with van der Waals surface area (Å²) in [5, 5.41) is 21.1. The van der Waals surface area contributed by atoms with Gasteiger partial charge < -0.3 is 20.3 Å².